The van der Waals surface area contributed by atoms with E-state index in [1.165, 1.54) is 16.9 Å². The molecule has 0 radical (unpaired) electrons. The van der Waals surface area contributed by atoms with Crippen LogP contribution in [0.5, 0.6) is 0 Å². The number of fused-ring (bicyclic) bond motifs is 1. The van der Waals surface area contributed by atoms with Gasteiger partial charge in [-0.15, -0.1) is 0 Å². The molecule has 5 nitrogen and oxygen atoms in total. The minimum Gasteiger partial charge on any atom is -0.380 e. The van der Waals surface area contributed by atoms with Crippen LogP contribution in [-0.2, 0) is 11.2 Å². The Morgan fingerprint density at radius 2 is 2.08 bits per heavy atom. The number of benzene rings is 1. The number of nitrogens with zero attached hydrogens (tertiary/aromatic N) is 3. The molecule has 0 amide bonds. The third-order valence-corrected chi connectivity index (χ3v) is 5.80. The first-order chi connectivity index (χ1) is 12.2. The number of hydrogen-bond acceptors (Lipinski definition) is 4. The van der Waals surface area contributed by atoms with Crippen LogP contribution in [-0.4, -0.2) is 54.3 Å². The van der Waals surface area contributed by atoms with Crippen LogP contribution < -0.4 is 4.90 Å². The summed E-state index contributed by atoms with van der Waals surface area (Å²) in [7, 11) is 1.82. The standard InChI is InChI=1S/C20H28N4O/c1-14-15(2)22-20(21-14)19-12-17(25-3)13-24(19)11-10-23-9-8-16-6-4-5-7-18(16)23/h4-7,17,19H,8-13H2,1-3H3,(H,21,22)/t17-,19+/m1/s1. The topological polar surface area (TPSA) is 44.4 Å². The highest BCUT2D eigenvalue weighted by Gasteiger charge is 2.35. The molecule has 0 unspecified atom stereocenters. The Balaban J connectivity index is 1.46. The van der Waals surface area contributed by atoms with Crippen molar-refractivity contribution < 1.29 is 4.74 Å². The maximum Gasteiger partial charge on any atom is 0.124 e. The number of likely N-dealkylation sites (tertiary alicyclic amines) is 1. The summed E-state index contributed by atoms with van der Waals surface area (Å²) in [5.74, 6) is 1.09. The van der Waals surface area contributed by atoms with Crippen LogP contribution in [0.4, 0.5) is 5.69 Å². The molecule has 1 aromatic carbocycles. The average molecular weight is 340 g/mol. The fraction of sp³-hybridized carbons (Fsp3) is 0.550. The van der Waals surface area contributed by atoms with Crippen LogP contribution in [0.25, 0.3) is 0 Å². The molecule has 0 bridgehead atoms. The summed E-state index contributed by atoms with van der Waals surface area (Å²) in [6.45, 7) is 8.38. The number of H-pyrrole nitrogens is 1. The zero-order valence-electron chi connectivity index (χ0n) is 15.5. The number of hydrogen-bond donors (Lipinski definition) is 1. The molecule has 1 saturated heterocycles. The zero-order chi connectivity index (χ0) is 17.4. The van der Waals surface area contributed by atoms with E-state index in [9.17, 15) is 0 Å². The molecule has 1 fully saturated rings. The van der Waals surface area contributed by atoms with Crippen molar-refractivity contribution in [3.63, 3.8) is 0 Å². The lowest BCUT2D eigenvalue weighted by Gasteiger charge is -2.27. The normalized spacial score (nSPS) is 23.4. The van der Waals surface area contributed by atoms with Gasteiger partial charge in [0.25, 0.3) is 0 Å². The predicted molar refractivity (Wildman–Crippen MR) is 100 cm³/mol. The van der Waals surface area contributed by atoms with Crippen molar-refractivity contribution in [2.45, 2.75) is 38.8 Å². The number of rotatable bonds is 5. The van der Waals surface area contributed by atoms with Gasteiger partial charge in [0.1, 0.15) is 5.82 Å². The second-order valence-electron chi connectivity index (χ2n) is 7.30. The number of anilines is 1. The number of para-hydroxylation sites is 1. The van der Waals surface area contributed by atoms with Gasteiger partial charge < -0.3 is 14.6 Å². The summed E-state index contributed by atoms with van der Waals surface area (Å²) in [5, 5.41) is 0. The van der Waals surface area contributed by atoms with Crippen molar-refractivity contribution >= 4 is 5.69 Å². The zero-order valence-corrected chi connectivity index (χ0v) is 15.5. The Hall–Kier alpha value is -1.85. The molecule has 2 atom stereocenters. The molecule has 2 aromatic rings. The van der Waals surface area contributed by atoms with Crippen LogP contribution in [0.2, 0.25) is 0 Å². The lowest BCUT2D eigenvalue weighted by molar-refractivity contribution is 0.108. The summed E-state index contributed by atoms with van der Waals surface area (Å²) in [5.41, 5.74) is 5.16. The lowest BCUT2D eigenvalue weighted by Crippen LogP contribution is -2.35. The van der Waals surface area contributed by atoms with Crippen LogP contribution in [0.15, 0.2) is 24.3 Å². The molecule has 3 heterocycles. The van der Waals surface area contributed by atoms with Gasteiger partial charge >= 0.3 is 0 Å². The second kappa shape index (κ2) is 6.81. The Labute approximate surface area is 150 Å². The molecule has 1 N–H and O–H groups in total. The average Bonchev–Trinajstić information content (AvgIpc) is 3.30. The summed E-state index contributed by atoms with van der Waals surface area (Å²) >= 11 is 0. The van der Waals surface area contributed by atoms with Crippen molar-refractivity contribution in [2.75, 3.05) is 38.2 Å². The smallest absolute Gasteiger partial charge is 0.124 e. The molecular weight excluding hydrogens is 312 g/mol. The van der Waals surface area contributed by atoms with Gasteiger partial charge in [-0.3, -0.25) is 4.90 Å². The van der Waals surface area contributed by atoms with Gasteiger partial charge in [0.15, 0.2) is 0 Å². The first kappa shape index (κ1) is 16.6. The molecule has 1 aromatic heterocycles. The summed E-state index contributed by atoms with van der Waals surface area (Å²) in [6, 6.07) is 9.12. The van der Waals surface area contributed by atoms with E-state index in [1.807, 2.05) is 7.11 Å². The minimum atomic E-state index is 0.293. The van der Waals surface area contributed by atoms with Crippen molar-refractivity contribution in [2.24, 2.45) is 0 Å². The second-order valence-corrected chi connectivity index (χ2v) is 7.30. The summed E-state index contributed by atoms with van der Waals surface area (Å²) in [4.78, 5) is 13.3. The monoisotopic (exact) mass is 340 g/mol. The molecular formula is C20H28N4O. The van der Waals surface area contributed by atoms with Crippen molar-refractivity contribution in [3.05, 3.63) is 47.0 Å². The SMILES string of the molecule is CO[C@@H]1C[C@@H](c2nc(C)c(C)[nH]2)N(CCN2CCc3ccccc32)C1. The highest BCUT2D eigenvalue weighted by molar-refractivity contribution is 5.57. The van der Waals surface area contributed by atoms with E-state index in [4.69, 9.17) is 9.72 Å². The van der Waals surface area contributed by atoms with E-state index in [2.05, 4.69) is 52.9 Å². The number of imidazole rings is 1. The predicted octanol–water partition coefficient (Wildman–Crippen LogP) is 2.85. The number of aromatic nitrogens is 2. The van der Waals surface area contributed by atoms with Crippen LogP contribution in [0, 0.1) is 13.8 Å². The summed E-state index contributed by atoms with van der Waals surface area (Å²) < 4.78 is 5.66. The van der Waals surface area contributed by atoms with Crippen LogP contribution in [0.3, 0.4) is 0 Å². The Morgan fingerprint density at radius 3 is 2.84 bits per heavy atom. The number of ether oxygens (including phenoxy) is 1. The van der Waals surface area contributed by atoms with E-state index < -0.39 is 0 Å². The largest absolute Gasteiger partial charge is 0.380 e. The van der Waals surface area contributed by atoms with Gasteiger partial charge in [0.05, 0.1) is 17.8 Å². The highest BCUT2D eigenvalue weighted by atomic mass is 16.5. The van der Waals surface area contributed by atoms with Gasteiger partial charge in [0.2, 0.25) is 0 Å². The van der Waals surface area contributed by atoms with Gasteiger partial charge in [-0.2, -0.15) is 0 Å². The number of methoxy groups -OCH3 is 1. The maximum absolute atomic E-state index is 5.66. The van der Waals surface area contributed by atoms with Gasteiger partial charge in [-0.05, 0) is 38.3 Å². The molecule has 134 valence electrons. The molecule has 2 aliphatic heterocycles. The van der Waals surface area contributed by atoms with Gasteiger partial charge in [0, 0.05) is 44.7 Å². The lowest BCUT2D eigenvalue weighted by atomic mass is 10.2. The van der Waals surface area contributed by atoms with Crippen molar-refractivity contribution in [1.29, 1.82) is 0 Å². The fourth-order valence-corrected chi connectivity index (χ4v) is 4.18. The number of aromatic amines is 1. The van der Waals surface area contributed by atoms with Gasteiger partial charge in [-0.25, -0.2) is 4.98 Å². The third kappa shape index (κ3) is 3.18. The highest BCUT2D eigenvalue weighted by Crippen LogP contribution is 2.33. The number of nitrogens with one attached hydrogen (secondary N) is 1. The number of aryl methyl sites for hydroxylation is 2. The van der Waals surface area contributed by atoms with Crippen molar-refractivity contribution in [1.82, 2.24) is 14.9 Å². The van der Waals surface area contributed by atoms with Crippen molar-refractivity contribution in [3.8, 4) is 0 Å². The molecule has 4 rings (SSSR count). The van der Waals surface area contributed by atoms with E-state index in [0.717, 1.165) is 50.5 Å². The van der Waals surface area contributed by atoms with E-state index >= 15 is 0 Å². The fourth-order valence-electron chi connectivity index (χ4n) is 4.18. The third-order valence-electron chi connectivity index (χ3n) is 5.80. The first-order valence-electron chi connectivity index (χ1n) is 9.28. The Bertz CT molecular complexity index is 722. The van der Waals surface area contributed by atoms with E-state index in [1.54, 1.807) is 0 Å². The quantitative estimate of drug-likeness (QED) is 0.909. The molecule has 2 aliphatic rings. The molecule has 0 aliphatic carbocycles. The minimum absolute atomic E-state index is 0.293. The van der Waals surface area contributed by atoms with Gasteiger partial charge in [-0.1, -0.05) is 18.2 Å². The Morgan fingerprint density at radius 1 is 1.24 bits per heavy atom. The maximum atomic E-state index is 5.66. The van der Waals surface area contributed by atoms with Crippen LogP contribution >= 0.6 is 0 Å². The van der Waals surface area contributed by atoms with E-state index in [0.29, 0.717) is 12.1 Å². The van der Waals surface area contributed by atoms with E-state index in [-0.39, 0.29) is 0 Å². The molecule has 0 spiro atoms. The molecule has 25 heavy (non-hydrogen) atoms. The molecule has 5 heteroatoms. The molecule has 0 saturated carbocycles. The Kier molecular flexibility index (Phi) is 4.52. The summed E-state index contributed by atoms with van der Waals surface area (Å²) in [6.07, 6.45) is 2.47. The van der Waals surface area contributed by atoms with Crippen LogP contribution in [0.1, 0.15) is 35.2 Å². The first-order valence-corrected chi connectivity index (χ1v) is 9.28.